The van der Waals surface area contributed by atoms with Crippen molar-refractivity contribution in [3.8, 4) is 11.5 Å². The summed E-state index contributed by atoms with van der Waals surface area (Å²) in [5.41, 5.74) is 0.289. The molecule has 1 aliphatic heterocycles. The number of rotatable bonds is 6. The molecular formula is C22H21N3O7. The van der Waals surface area contributed by atoms with Crippen LogP contribution in [0, 0.1) is 10.1 Å². The Bertz CT molecular complexity index is 1140. The molecule has 0 aliphatic carbocycles. The van der Waals surface area contributed by atoms with E-state index in [2.05, 4.69) is 5.32 Å². The summed E-state index contributed by atoms with van der Waals surface area (Å²) in [6.45, 7) is 5.75. The maximum Gasteiger partial charge on any atom is 0.335 e. The van der Waals surface area contributed by atoms with E-state index in [0.29, 0.717) is 0 Å². The number of nitrogens with zero attached hydrogens (tertiary/aromatic N) is 2. The number of anilines is 1. The fraction of sp³-hybridized carbons (Fsp3) is 0.227. The first-order valence-electron chi connectivity index (χ1n) is 9.79. The highest BCUT2D eigenvalue weighted by atomic mass is 16.6. The third kappa shape index (κ3) is 4.29. The van der Waals surface area contributed by atoms with E-state index in [0.717, 1.165) is 22.6 Å². The van der Waals surface area contributed by atoms with Crippen molar-refractivity contribution in [3.05, 3.63) is 63.2 Å². The van der Waals surface area contributed by atoms with Crippen molar-refractivity contribution in [3.63, 3.8) is 0 Å². The minimum absolute atomic E-state index is 0.0703. The summed E-state index contributed by atoms with van der Waals surface area (Å²) < 4.78 is 5.22. The molecule has 166 valence electrons. The lowest BCUT2D eigenvalue weighted by Crippen LogP contribution is -2.54. The van der Waals surface area contributed by atoms with Crippen molar-refractivity contribution in [2.45, 2.75) is 26.7 Å². The average molecular weight is 439 g/mol. The highest BCUT2D eigenvalue weighted by molar-refractivity contribution is 6.39. The Morgan fingerprint density at radius 2 is 1.84 bits per heavy atom. The summed E-state index contributed by atoms with van der Waals surface area (Å²) in [6.07, 6.45) is 1.11. The second-order valence-corrected chi connectivity index (χ2v) is 7.28. The molecule has 2 N–H and O–H groups in total. The molecule has 0 atom stereocenters. The number of carbonyl (C=O) groups is 3. The van der Waals surface area contributed by atoms with Crippen molar-refractivity contribution in [2.24, 2.45) is 0 Å². The first-order chi connectivity index (χ1) is 15.1. The predicted octanol–water partition coefficient (Wildman–Crippen LogP) is 3.49. The van der Waals surface area contributed by atoms with Gasteiger partial charge in [0.15, 0.2) is 5.75 Å². The number of barbiturate groups is 1. The van der Waals surface area contributed by atoms with E-state index in [9.17, 15) is 29.6 Å². The van der Waals surface area contributed by atoms with Gasteiger partial charge in [-0.15, -0.1) is 0 Å². The smallest absolute Gasteiger partial charge is 0.335 e. The summed E-state index contributed by atoms with van der Waals surface area (Å²) >= 11 is 0. The van der Waals surface area contributed by atoms with Crippen LogP contribution in [0.3, 0.4) is 0 Å². The minimum atomic E-state index is -0.941. The summed E-state index contributed by atoms with van der Waals surface area (Å²) in [5, 5.41) is 23.4. The number of ether oxygens (including phenoxy) is 1. The Kier molecular flexibility index (Phi) is 6.24. The van der Waals surface area contributed by atoms with E-state index in [4.69, 9.17) is 4.74 Å². The highest BCUT2D eigenvalue weighted by Crippen LogP contribution is 2.38. The van der Waals surface area contributed by atoms with Crippen molar-refractivity contribution in [2.75, 3.05) is 11.5 Å². The van der Waals surface area contributed by atoms with E-state index in [1.165, 1.54) is 6.07 Å². The molecule has 0 bridgehead atoms. The van der Waals surface area contributed by atoms with Gasteiger partial charge in [-0.2, -0.15) is 0 Å². The van der Waals surface area contributed by atoms with Gasteiger partial charge in [-0.25, -0.2) is 9.69 Å². The molecule has 1 fully saturated rings. The molecule has 0 spiro atoms. The largest absolute Gasteiger partial charge is 0.500 e. The zero-order valence-electron chi connectivity index (χ0n) is 17.6. The summed E-state index contributed by atoms with van der Waals surface area (Å²) in [5.74, 6) is -2.42. The van der Waals surface area contributed by atoms with Gasteiger partial charge < -0.3 is 9.84 Å². The number of carbonyl (C=O) groups excluding carboxylic acids is 3. The molecule has 1 heterocycles. The standard InChI is InChI=1S/C22H21N3O7/c1-4-32-18-11-13(10-17(19(18)26)25(30)31)9-16-20(27)23-22(29)24(21(16)28)15-7-5-14(6-8-15)12(2)3/h5-12,26H,4H2,1-3H3,(H,23,27,29)/b16-9+. The number of imide groups is 2. The molecule has 0 aromatic heterocycles. The summed E-state index contributed by atoms with van der Waals surface area (Å²) in [6, 6.07) is 8.11. The van der Waals surface area contributed by atoms with Crippen LogP contribution >= 0.6 is 0 Å². The fourth-order valence-electron chi connectivity index (χ4n) is 3.17. The molecular weight excluding hydrogens is 418 g/mol. The van der Waals surface area contributed by atoms with Crippen molar-refractivity contribution < 1.29 is 29.2 Å². The van der Waals surface area contributed by atoms with Gasteiger partial charge in [0, 0.05) is 6.07 Å². The number of nitro groups is 1. The number of urea groups is 1. The second-order valence-electron chi connectivity index (χ2n) is 7.28. The second kappa shape index (κ2) is 8.88. The van der Waals surface area contributed by atoms with Gasteiger partial charge in [0.05, 0.1) is 17.2 Å². The zero-order chi connectivity index (χ0) is 23.6. The first-order valence-corrected chi connectivity index (χ1v) is 9.79. The normalized spacial score (nSPS) is 15.3. The van der Waals surface area contributed by atoms with Gasteiger partial charge in [-0.1, -0.05) is 26.0 Å². The molecule has 0 unspecified atom stereocenters. The molecule has 10 heteroatoms. The number of hydrogen-bond donors (Lipinski definition) is 2. The van der Waals surface area contributed by atoms with Gasteiger partial charge >= 0.3 is 11.7 Å². The molecule has 1 aliphatic rings. The number of phenols is 1. The SMILES string of the molecule is CCOc1cc(/C=C2\C(=O)NC(=O)N(c3ccc(C(C)C)cc3)C2=O)cc([N+](=O)[O-])c1O. The average Bonchev–Trinajstić information content (AvgIpc) is 2.73. The van der Waals surface area contributed by atoms with Gasteiger partial charge in [0.1, 0.15) is 5.57 Å². The number of amides is 4. The van der Waals surface area contributed by atoms with Gasteiger partial charge in [0.2, 0.25) is 5.75 Å². The Morgan fingerprint density at radius 3 is 2.41 bits per heavy atom. The third-order valence-electron chi connectivity index (χ3n) is 4.80. The number of benzene rings is 2. The van der Waals surface area contributed by atoms with Crippen LogP contribution in [0.4, 0.5) is 16.2 Å². The molecule has 1 saturated heterocycles. The molecule has 32 heavy (non-hydrogen) atoms. The van der Waals surface area contributed by atoms with Crippen LogP contribution in [0.5, 0.6) is 11.5 Å². The van der Waals surface area contributed by atoms with Gasteiger partial charge in [-0.05, 0) is 48.2 Å². The van der Waals surface area contributed by atoms with Crippen LogP contribution in [-0.4, -0.2) is 34.5 Å². The van der Waals surface area contributed by atoms with Crippen LogP contribution in [0.2, 0.25) is 0 Å². The monoisotopic (exact) mass is 439 g/mol. The van der Waals surface area contributed by atoms with E-state index in [1.54, 1.807) is 31.2 Å². The van der Waals surface area contributed by atoms with Crippen molar-refractivity contribution in [1.29, 1.82) is 0 Å². The maximum absolute atomic E-state index is 13.0. The molecule has 10 nitrogen and oxygen atoms in total. The zero-order valence-corrected chi connectivity index (χ0v) is 17.6. The Morgan fingerprint density at radius 1 is 1.19 bits per heavy atom. The minimum Gasteiger partial charge on any atom is -0.500 e. The predicted molar refractivity (Wildman–Crippen MR) is 115 cm³/mol. The van der Waals surface area contributed by atoms with Crippen LogP contribution in [0.1, 0.15) is 37.8 Å². The van der Waals surface area contributed by atoms with E-state index in [-0.39, 0.29) is 29.5 Å². The molecule has 2 aromatic rings. The molecule has 4 amide bonds. The first kappa shape index (κ1) is 22.5. The molecule has 0 saturated carbocycles. The third-order valence-corrected chi connectivity index (χ3v) is 4.80. The number of aromatic hydroxyl groups is 1. The van der Waals surface area contributed by atoms with Crippen LogP contribution in [-0.2, 0) is 9.59 Å². The number of nitrogens with one attached hydrogen (secondary N) is 1. The maximum atomic E-state index is 13.0. The van der Waals surface area contributed by atoms with Gasteiger partial charge in [-0.3, -0.25) is 25.0 Å². The molecule has 0 radical (unpaired) electrons. The topological polar surface area (TPSA) is 139 Å². The number of nitro benzene ring substituents is 1. The van der Waals surface area contributed by atoms with Crippen LogP contribution in [0.15, 0.2) is 42.0 Å². The fourth-order valence-corrected chi connectivity index (χ4v) is 3.17. The summed E-state index contributed by atoms with van der Waals surface area (Å²) in [7, 11) is 0. The Hall–Kier alpha value is -4.21. The Labute approximate surface area is 183 Å². The lowest BCUT2D eigenvalue weighted by Gasteiger charge is -2.26. The van der Waals surface area contributed by atoms with Crippen LogP contribution < -0.4 is 15.0 Å². The lowest BCUT2D eigenvalue weighted by atomic mass is 10.0. The number of hydrogen-bond acceptors (Lipinski definition) is 7. The highest BCUT2D eigenvalue weighted by Gasteiger charge is 2.37. The van der Waals surface area contributed by atoms with E-state index >= 15 is 0 Å². The van der Waals surface area contributed by atoms with Crippen molar-refractivity contribution in [1.82, 2.24) is 5.32 Å². The summed E-state index contributed by atoms with van der Waals surface area (Å²) in [4.78, 5) is 49.0. The van der Waals surface area contributed by atoms with E-state index < -0.39 is 39.8 Å². The van der Waals surface area contributed by atoms with Crippen LogP contribution in [0.25, 0.3) is 6.08 Å². The van der Waals surface area contributed by atoms with Gasteiger partial charge in [0.25, 0.3) is 11.8 Å². The van der Waals surface area contributed by atoms with Crippen molar-refractivity contribution >= 4 is 35.3 Å². The molecule has 3 rings (SSSR count). The number of phenolic OH excluding ortho intramolecular Hbond substituents is 1. The Balaban J connectivity index is 2.05. The quantitative estimate of drug-likeness (QED) is 0.304. The lowest BCUT2D eigenvalue weighted by molar-refractivity contribution is -0.386. The van der Waals surface area contributed by atoms with E-state index in [1.807, 2.05) is 13.8 Å². The molecule has 2 aromatic carbocycles.